The Morgan fingerprint density at radius 3 is 2.63 bits per heavy atom. The van der Waals surface area contributed by atoms with Crippen LogP contribution in [0.4, 0.5) is 23.2 Å². The molecule has 184 valence electrons. The lowest BCUT2D eigenvalue weighted by atomic mass is 9.93. The van der Waals surface area contributed by atoms with E-state index in [1.54, 1.807) is 12.1 Å². The molecule has 1 atom stereocenters. The van der Waals surface area contributed by atoms with Gasteiger partial charge in [-0.05, 0) is 78.6 Å². The zero-order chi connectivity index (χ0) is 25.0. The Morgan fingerprint density at radius 1 is 1.14 bits per heavy atom. The van der Waals surface area contributed by atoms with E-state index in [1.807, 2.05) is 29.6 Å². The second-order valence-corrected chi connectivity index (χ2v) is 9.67. The van der Waals surface area contributed by atoms with Gasteiger partial charge in [-0.25, -0.2) is 0 Å². The Morgan fingerprint density at radius 2 is 1.91 bits per heavy atom. The minimum Gasteiger partial charge on any atom is -0.489 e. The molecule has 0 unspecified atom stereocenters. The van der Waals surface area contributed by atoms with Gasteiger partial charge in [0.1, 0.15) is 11.9 Å². The molecule has 35 heavy (non-hydrogen) atoms. The molecule has 0 bridgehead atoms. The summed E-state index contributed by atoms with van der Waals surface area (Å²) in [6.07, 6.45) is -0.988. The summed E-state index contributed by atoms with van der Waals surface area (Å²) in [6, 6.07) is 12.8. The molecule has 2 aliphatic rings. The molecule has 1 N–H and O–H groups in total. The molecule has 0 saturated carbocycles. The van der Waals surface area contributed by atoms with Crippen molar-refractivity contribution < 1.29 is 27.1 Å². The van der Waals surface area contributed by atoms with E-state index in [0.29, 0.717) is 12.8 Å². The lowest BCUT2D eigenvalue weighted by Crippen LogP contribution is -2.29. The number of carbonyl (C=O) groups excluding carboxylic acids is 1. The first kappa shape index (κ1) is 25.7. The van der Waals surface area contributed by atoms with Gasteiger partial charge < -0.3 is 10.1 Å². The maximum absolute atomic E-state index is 12.7. The van der Waals surface area contributed by atoms with Crippen LogP contribution in [0.15, 0.2) is 46.9 Å². The molecular formula is C26H27AlF4N2O2. The third kappa shape index (κ3) is 6.46. The first-order valence-corrected chi connectivity index (χ1v) is 12.4. The summed E-state index contributed by atoms with van der Waals surface area (Å²) in [5.41, 5.74) is 4.01. The minimum absolute atomic E-state index is 0.0842. The largest absolute Gasteiger partial charge is 0.489 e. The van der Waals surface area contributed by atoms with Gasteiger partial charge in [-0.2, -0.15) is 17.6 Å². The molecule has 9 heteroatoms. The highest BCUT2D eigenvalue weighted by atomic mass is 27.0. The highest BCUT2D eigenvalue weighted by Gasteiger charge is 2.38. The van der Waals surface area contributed by atoms with E-state index in [0.717, 1.165) is 71.3 Å². The lowest BCUT2D eigenvalue weighted by Gasteiger charge is -2.18. The van der Waals surface area contributed by atoms with Crippen LogP contribution >= 0.6 is 0 Å². The van der Waals surface area contributed by atoms with Gasteiger partial charge >= 0.3 is 12.1 Å². The first-order chi connectivity index (χ1) is 16.7. The molecule has 4 nitrogen and oxygen atoms in total. The number of anilines is 1. The quantitative estimate of drug-likeness (QED) is 0.415. The topological polar surface area (TPSA) is 41.6 Å². The molecule has 1 aliphatic heterocycles. The Kier molecular flexibility index (Phi) is 8.20. The van der Waals surface area contributed by atoms with Crippen LogP contribution in [0.25, 0.3) is 5.57 Å². The third-order valence-electron chi connectivity index (χ3n) is 6.39. The number of allylic oxidation sites excluding steroid dienone is 1. The van der Waals surface area contributed by atoms with Crippen molar-refractivity contribution in [3.05, 3.63) is 63.6 Å². The van der Waals surface area contributed by atoms with Crippen LogP contribution in [0.2, 0.25) is 0 Å². The van der Waals surface area contributed by atoms with Gasteiger partial charge in [-0.15, -0.1) is 0 Å². The molecule has 1 amide bonds. The SMILES string of the molecule is O=C(Nc1ccc2c(c1)CCC[C]([Al])=C2c1ccc(O[C@H]2CCN(CCCF)C2)cc1)C(F)(F)F. The number of likely N-dealkylation sites (tertiary alicyclic amines) is 1. The fraction of sp³-hybridized carbons (Fsp3) is 0.423. The van der Waals surface area contributed by atoms with Crippen molar-refractivity contribution in [1.29, 1.82) is 0 Å². The fourth-order valence-corrected chi connectivity index (χ4v) is 5.23. The number of halogens is 4. The summed E-state index contributed by atoms with van der Waals surface area (Å²) in [5, 5.41) is 1.95. The highest BCUT2D eigenvalue weighted by molar-refractivity contribution is 6.26. The van der Waals surface area contributed by atoms with E-state index >= 15 is 0 Å². The Bertz CT molecular complexity index is 1090. The van der Waals surface area contributed by atoms with Crippen LogP contribution in [-0.4, -0.2) is 65.7 Å². The predicted octanol–water partition coefficient (Wildman–Crippen LogP) is 5.26. The summed E-state index contributed by atoms with van der Waals surface area (Å²) >= 11 is 2.81. The monoisotopic (exact) mass is 502 g/mol. The van der Waals surface area contributed by atoms with Crippen molar-refractivity contribution in [3.63, 3.8) is 0 Å². The summed E-state index contributed by atoms with van der Waals surface area (Å²) in [7, 11) is 0. The van der Waals surface area contributed by atoms with E-state index in [2.05, 4.69) is 21.2 Å². The second-order valence-electron chi connectivity index (χ2n) is 8.97. The molecule has 2 aromatic carbocycles. The number of benzene rings is 2. The average Bonchev–Trinajstić information content (AvgIpc) is 3.19. The average molecular weight is 502 g/mol. The molecule has 2 radical (unpaired) electrons. The van der Waals surface area contributed by atoms with E-state index in [-0.39, 0.29) is 18.5 Å². The zero-order valence-corrected chi connectivity index (χ0v) is 20.5. The van der Waals surface area contributed by atoms with Crippen molar-refractivity contribution >= 4 is 33.5 Å². The number of hydrogen-bond acceptors (Lipinski definition) is 3. The number of alkyl halides is 4. The second kappa shape index (κ2) is 11.2. The van der Waals surface area contributed by atoms with Crippen molar-refractivity contribution in [3.8, 4) is 5.75 Å². The van der Waals surface area contributed by atoms with Crippen LogP contribution in [0.1, 0.15) is 42.4 Å². The van der Waals surface area contributed by atoms with Gasteiger partial charge in [-0.3, -0.25) is 14.1 Å². The van der Waals surface area contributed by atoms with E-state index < -0.39 is 12.1 Å². The van der Waals surface area contributed by atoms with Gasteiger partial charge in [0, 0.05) is 25.3 Å². The zero-order valence-electron chi connectivity index (χ0n) is 19.3. The number of aryl methyl sites for hydroxylation is 1. The van der Waals surface area contributed by atoms with Crippen LogP contribution < -0.4 is 10.1 Å². The van der Waals surface area contributed by atoms with Crippen LogP contribution in [0.5, 0.6) is 5.75 Å². The number of nitrogens with zero attached hydrogens (tertiary/aromatic N) is 1. The summed E-state index contributed by atoms with van der Waals surface area (Å²) in [4.78, 5) is 13.6. The molecular weight excluding hydrogens is 475 g/mol. The fourth-order valence-electron chi connectivity index (χ4n) is 4.70. The molecule has 1 aliphatic carbocycles. The summed E-state index contributed by atoms with van der Waals surface area (Å²) in [5.74, 6) is -1.20. The van der Waals surface area contributed by atoms with Crippen molar-refractivity contribution in [1.82, 2.24) is 4.90 Å². The summed E-state index contributed by atoms with van der Waals surface area (Å²) < 4.78 is 57.7. The standard InChI is InChI=1S/C26H27F4N2O2.Al/c27-13-3-14-32-15-12-22(17-32)34-21-9-6-18(7-10-21)23-5-2-1-4-19-16-20(8-11-24(19)23)31-25(33)26(28,29)30;/h6-11,16,22H,1-4,12-15,17H2,(H,31,33);/t22-;/m0./s1. The van der Waals surface area contributed by atoms with Crippen molar-refractivity contribution in [2.45, 2.75) is 44.4 Å². The number of ether oxygens (including phenoxy) is 1. The molecule has 1 fully saturated rings. The van der Waals surface area contributed by atoms with Gasteiger partial charge in [0.05, 0.1) is 6.67 Å². The molecule has 4 rings (SSSR count). The van der Waals surface area contributed by atoms with E-state index in [1.165, 1.54) is 6.07 Å². The maximum Gasteiger partial charge on any atom is 0.471 e. The Hall–Kier alpha value is -2.34. The molecule has 0 aromatic heterocycles. The lowest BCUT2D eigenvalue weighted by molar-refractivity contribution is -0.167. The normalized spacial score (nSPS) is 18.8. The van der Waals surface area contributed by atoms with Gasteiger partial charge in [-0.1, -0.05) is 18.2 Å². The van der Waals surface area contributed by atoms with Crippen molar-refractivity contribution in [2.24, 2.45) is 0 Å². The molecule has 2 aromatic rings. The molecule has 1 saturated heterocycles. The number of amides is 1. The smallest absolute Gasteiger partial charge is 0.471 e. The predicted molar refractivity (Wildman–Crippen MR) is 128 cm³/mol. The first-order valence-electron chi connectivity index (χ1n) is 11.8. The maximum atomic E-state index is 12.7. The van der Waals surface area contributed by atoms with Crippen LogP contribution in [0.3, 0.4) is 0 Å². The Balaban J connectivity index is 1.50. The van der Waals surface area contributed by atoms with E-state index in [9.17, 15) is 22.4 Å². The number of carbonyl (C=O) groups is 1. The van der Waals surface area contributed by atoms with Crippen molar-refractivity contribution in [2.75, 3.05) is 31.6 Å². The molecule has 0 spiro atoms. The number of hydrogen-bond donors (Lipinski definition) is 1. The van der Waals surface area contributed by atoms with Gasteiger partial charge in [0.15, 0.2) is 16.3 Å². The van der Waals surface area contributed by atoms with Crippen LogP contribution in [-0.2, 0) is 11.2 Å². The van der Waals surface area contributed by atoms with Gasteiger partial charge in [0.2, 0.25) is 0 Å². The van der Waals surface area contributed by atoms with Gasteiger partial charge in [0.25, 0.3) is 0 Å². The third-order valence-corrected chi connectivity index (χ3v) is 6.96. The number of rotatable bonds is 7. The summed E-state index contributed by atoms with van der Waals surface area (Å²) in [6.45, 7) is 2.16. The minimum atomic E-state index is -4.93. The highest BCUT2D eigenvalue weighted by Crippen LogP contribution is 2.36. The molecule has 1 heterocycles. The van der Waals surface area contributed by atoms with Crippen LogP contribution in [0, 0.1) is 0 Å². The number of fused-ring (bicyclic) bond motifs is 1. The van der Waals surface area contributed by atoms with E-state index in [4.69, 9.17) is 4.74 Å². The number of nitrogens with one attached hydrogen (secondary N) is 1. The Labute approximate surface area is 210 Å².